The number of nitrogens with zero attached hydrogens (tertiary/aromatic N) is 1. The zero-order valence-corrected chi connectivity index (χ0v) is 23.7. The van der Waals surface area contributed by atoms with Crippen LogP contribution in [0.25, 0.3) is 0 Å². The van der Waals surface area contributed by atoms with E-state index in [1.54, 1.807) is 23.9 Å². The topological polar surface area (TPSA) is 86.8 Å². The van der Waals surface area contributed by atoms with E-state index in [1.165, 1.54) is 30.6 Å². The van der Waals surface area contributed by atoms with Crippen molar-refractivity contribution in [2.45, 2.75) is 43.3 Å². The van der Waals surface area contributed by atoms with Gasteiger partial charge in [0.1, 0.15) is 12.5 Å². The average molecular weight is 611 g/mol. The summed E-state index contributed by atoms with van der Waals surface area (Å²) in [6, 6.07) is 11.5. The Morgan fingerprint density at radius 2 is 1.77 bits per heavy atom. The number of thioether (sulfide) groups is 1. The number of ether oxygens (including phenoxy) is 3. The molecule has 4 rings (SSSR count). The summed E-state index contributed by atoms with van der Waals surface area (Å²) in [5, 5.41) is 3.17. The van der Waals surface area contributed by atoms with Crippen molar-refractivity contribution in [2.75, 3.05) is 18.2 Å². The van der Waals surface area contributed by atoms with E-state index in [2.05, 4.69) is 15.0 Å². The number of alkyl halides is 2. The van der Waals surface area contributed by atoms with Crippen LogP contribution in [0.1, 0.15) is 36.5 Å². The second-order valence-electron chi connectivity index (χ2n) is 9.06. The number of pyridine rings is 1. The van der Waals surface area contributed by atoms with Gasteiger partial charge in [-0.25, -0.2) is 0 Å². The second-order valence-corrected chi connectivity index (χ2v) is 10.8. The number of anilines is 1. The second kappa shape index (κ2) is 14.0. The van der Waals surface area contributed by atoms with E-state index in [1.807, 2.05) is 18.4 Å². The van der Waals surface area contributed by atoms with Gasteiger partial charge in [0.25, 0.3) is 0 Å². The van der Waals surface area contributed by atoms with Crippen LogP contribution in [0.5, 0.6) is 11.5 Å². The van der Waals surface area contributed by atoms with Gasteiger partial charge in [-0.3, -0.25) is 14.6 Å². The third-order valence-electron chi connectivity index (χ3n) is 6.02. The molecule has 1 heterocycles. The van der Waals surface area contributed by atoms with E-state index in [4.69, 9.17) is 32.7 Å². The first kappa shape index (κ1) is 29.9. The van der Waals surface area contributed by atoms with Gasteiger partial charge in [-0.15, -0.1) is 11.8 Å². The third-order valence-corrected chi connectivity index (χ3v) is 7.42. The first-order valence-corrected chi connectivity index (χ1v) is 14.3. The van der Waals surface area contributed by atoms with E-state index >= 15 is 0 Å². The minimum Gasteiger partial charge on any atom is -0.489 e. The molecule has 40 heavy (non-hydrogen) atoms. The van der Waals surface area contributed by atoms with E-state index in [-0.39, 0.29) is 28.0 Å². The summed E-state index contributed by atoms with van der Waals surface area (Å²) in [7, 11) is 0. The van der Waals surface area contributed by atoms with Crippen molar-refractivity contribution >= 4 is 52.5 Å². The molecule has 1 N–H and O–H groups in total. The molecule has 0 bridgehead atoms. The number of carbonyl (C=O) groups excluding carboxylic acids is 2. The number of amides is 1. The highest BCUT2D eigenvalue weighted by molar-refractivity contribution is 7.98. The van der Waals surface area contributed by atoms with E-state index < -0.39 is 31.0 Å². The van der Waals surface area contributed by atoms with Crippen LogP contribution >= 0.6 is 35.0 Å². The fourth-order valence-electron chi connectivity index (χ4n) is 3.78. The largest absolute Gasteiger partial charge is 0.489 e. The molecule has 0 unspecified atom stereocenters. The first-order chi connectivity index (χ1) is 19.2. The highest BCUT2D eigenvalue weighted by Gasteiger charge is 2.26. The molecule has 2 aromatic carbocycles. The van der Waals surface area contributed by atoms with Gasteiger partial charge in [-0.1, -0.05) is 29.3 Å². The van der Waals surface area contributed by atoms with Gasteiger partial charge < -0.3 is 19.5 Å². The lowest BCUT2D eigenvalue weighted by molar-refractivity contribution is -0.150. The Bertz CT molecular complexity index is 1320. The van der Waals surface area contributed by atoms with Gasteiger partial charge >= 0.3 is 12.6 Å². The predicted octanol–water partition coefficient (Wildman–Crippen LogP) is 7.36. The van der Waals surface area contributed by atoms with Crippen molar-refractivity contribution in [2.24, 2.45) is 5.92 Å². The standard InChI is InChI=1S/C28H26Cl2F2N2O5S/c1-40-19-7-5-18(6-8-19)34-26(35)12-27(36)38-24(11-20-21(29)13-33-14-22(20)30)17-4-9-23(39-28(31)32)25(10-17)37-15-16-2-3-16/h4-10,13-14,16,24,28H,2-3,11-12,15H2,1H3,(H,34,35)/t24-/m0/s1. The van der Waals surface area contributed by atoms with Gasteiger partial charge in [0.2, 0.25) is 5.91 Å². The van der Waals surface area contributed by atoms with Crippen LogP contribution in [0.15, 0.2) is 59.8 Å². The van der Waals surface area contributed by atoms with Gasteiger partial charge in [0.15, 0.2) is 11.5 Å². The van der Waals surface area contributed by atoms with Crippen molar-refractivity contribution in [1.29, 1.82) is 0 Å². The van der Waals surface area contributed by atoms with Crippen molar-refractivity contribution in [3.05, 3.63) is 76.0 Å². The molecule has 0 radical (unpaired) electrons. The van der Waals surface area contributed by atoms with Crippen LogP contribution < -0.4 is 14.8 Å². The summed E-state index contributed by atoms with van der Waals surface area (Å²) in [5.74, 6) is -1.07. The van der Waals surface area contributed by atoms with E-state index in [9.17, 15) is 18.4 Å². The molecule has 0 spiro atoms. The molecule has 12 heteroatoms. The molecule has 212 valence electrons. The SMILES string of the molecule is CSc1ccc(NC(=O)CC(=O)O[C@@H](Cc2c(Cl)cncc2Cl)c2ccc(OC(F)F)c(OCC3CC3)c2)cc1. The number of benzene rings is 2. The summed E-state index contributed by atoms with van der Waals surface area (Å²) in [5.41, 5.74) is 1.41. The number of aromatic nitrogens is 1. The Morgan fingerprint density at radius 3 is 2.40 bits per heavy atom. The number of carbonyl (C=O) groups is 2. The number of hydrogen-bond acceptors (Lipinski definition) is 7. The minimum atomic E-state index is -3.05. The highest BCUT2D eigenvalue weighted by Crippen LogP contribution is 2.38. The number of nitrogens with one attached hydrogen (secondary N) is 1. The molecular formula is C28H26Cl2F2N2O5S. The zero-order chi connectivity index (χ0) is 28.6. The summed E-state index contributed by atoms with van der Waals surface area (Å²) in [6.45, 7) is -2.71. The highest BCUT2D eigenvalue weighted by atomic mass is 35.5. The molecule has 1 aliphatic rings. The van der Waals surface area contributed by atoms with Crippen molar-refractivity contribution < 1.29 is 32.6 Å². The Morgan fingerprint density at radius 1 is 1.07 bits per heavy atom. The maximum atomic E-state index is 13.0. The van der Waals surface area contributed by atoms with Gasteiger partial charge in [-0.05, 0) is 72.5 Å². The molecule has 1 fully saturated rings. The number of halogens is 4. The molecule has 7 nitrogen and oxygen atoms in total. The third kappa shape index (κ3) is 8.71. The summed E-state index contributed by atoms with van der Waals surface area (Å²) >= 11 is 14.2. The quantitative estimate of drug-likeness (QED) is 0.123. The summed E-state index contributed by atoms with van der Waals surface area (Å²) < 4.78 is 42.2. The van der Waals surface area contributed by atoms with E-state index in [0.29, 0.717) is 29.3 Å². The van der Waals surface area contributed by atoms with Crippen LogP contribution in [0, 0.1) is 5.92 Å². The molecule has 0 saturated heterocycles. The molecule has 1 aromatic heterocycles. The van der Waals surface area contributed by atoms with Gasteiger partial charge in [-0.2, -0.15) is 8.78 Å². The van der Waals surface area contributed by atoms with Gasteiger partial charge in [0, 0.05) is 29.4 Å². The number of esters is 1. The Balaban J connectivity index is 1.54. The molecule has 1 saturated carbocycles. The van der Waals surface area contributed by atoms with Crippen LogP contribution in [-0.4, -0.2) is 36.3 Å². The summed E-state index contributed by atoms with van der Waals surface area (Å²) in [4.78, 5) is 30.4. The first-order valence-electron chi connectivity index (χ1n) is 12.3. The predicted molar refractivity (Wildman–Crippen MR) is 150 cm³/mol. The monoisotopic (exact) mass is 610 g/mol. The maximum absolute atomic E-state index is 13.0. The molecule has 1 amide bonds. The number of rotatable bonds is 13. The average Bonchev–Trinajstić information content (AvgIpc) is 3.74. The summed E-state index contributed by atoms with van der Waals surface area (Å²) in [6.07, 6.45) is 5.22. The molecule has 1 aliphatic carbocycles. The van der Waals surface area contributed by atoms with Crippen molar-refractivity contribution in [3.8, 4) is 11.5 Å². The molecule has 0 aliphatic heterocycles. The van der Waals surface area contributed by atoms with Crippen LogP contribution in [0.3, 0.4) is 0 Å². The molecular weight excluding hydrogens is 585 g/mol. The maximum Gasteiger partial charge on any atom is 0.387 e. The smallest absolute Gasteiger partial charge is 0.387 e. The van der Waals surface area contributed by atoms with E-state index in [0.717, 1.165) is 17.7 Å². The Labute approximate surface area is 244 Å². The van der Waals surface area contributed by atoms with Crippen molar-refractivity contribution in [1.82, 2.24) is 4.98 Å². The van der Waals surface area contributed by atoms with Gasteiger partial charge in [0.05, 0.1) is 16.7 Å². The molecule has 1 atom stereocenters. The van der Waals surface area contributed by atoms with Crippen LogP contribution in [0.4, 0.5) is 14.5 Å². The lowest BCUT2D eigenvalue weighted by Crippen LogP contribution is -2.21. The Hall–Kier alpha value is -3.08. The lowest BCUT2D eigenvalue weighted by atomic mass is 10.0. The minimum absolute atomic E-state index is 0.0286. The van der Waals surface area contributed by atoms with Crippen LogP contribution in [0.2, 0.25) is 10.0 Å². The van der Waals surface area contributed by atoms with Crippen molar-refractivity contribution in [3.63, 3.8) is 0 Å². The molecule has 3 aromatic rings. The normalized spacial score (nSPS) is 13.6. The number of hydrogen-bond donors (Lipinski definition) is 1. The van der Waals surface area contributed by atoms with Crippen LogP contribution in [-0.2, 0) is 20.7 Å². The fourth-order valence-corrected chi connectivity index (χ4v) is 4.71. The fraction of sp³-hybridized carbons (Fsp3) is 0.321. The zero-order valence-electron chi connectivity index (χ0n) is 21.4. The Kier molecular flexibility index (Phi) is 10.5. The lowest BCUT2D eigenvalue weighted by Gasteiger charge is -2.21.